The van der Waals surface area contributed by atoms with Crippen LogP contribution in [0.3, 0.4) is 0 Å². The van der Waals surface area contributed by atoms with Gasteiger partial charge in [-0.25, -0.2) is 17.9 Å². The predicted octanol–water partition coefficient (Wildman–Crippen LogP) is 1.57. The van der Waals surface area contributed by atoms with E-state index in [1.54, 1.807) is 4.90 Å². The maximum absolute atomic E-state index is 11.9. The number of piperidine rings is 1. The SMILES string of the molecule is CC(NS(C)(=O)=O)C1CCN(C(=O)OC(C)(C)C)CC1. The summed E-state index contributed by atoms with van der Waals surface area (Å²) in [5, 5.41) is 0. The molecule has 0 saturated carbocycles. The van der Waals surface area contributed by atoms with E-state index in [2.05, 4.69) is 4.72 Å². The van der Waals surface area contributed by atoms with E-state index in [0.29, 0.717) is 13.1 Å². The molecule has 7 heteroatoms. The fourth-order valence-electron chi connectivity index (χ4n) is 2.34. The summed E-state index contributed by atoms with van der Waals surface area (Å²) in [6.45, 7) is 8.61. The van der Waals surface area contributed by atoms with Gasteiger partial charge in [-0.2, -0.15) is 0 Å². The van der Waals surface area contributed by atoms with Crippen molar-refractivity contribution < 1.29 is 17.9 Å². The third kappa shape index (κ3) is 6.09. The first-order chi connectivity index (χ1) is 8.98. The van der Waals surface area contributed by atoms with E-state index in [0.717, 1.165) is 12.8 Å². The van der Waals surface area contributed by atoms with Crippen molar-refractivity contribution >= 4 is 16.1 Å². The molecule has 1 heterocycles. The van der Waals surface area contributed by atoms with Crippen LogP contribution in [0.2, 0.25) is 0 Å². The van der Waals surface area contributed by atoms with E-state index >= 15 is 0 Å². The van der Waals surface area contributed by atoms with E-state index in [4.69, 9.17) is 4.74 Å². The molecule has 1 N–H and O–H groups in total. The quantitative estimate of drug-likeness (QED) is 0.859. The van der Waals surface area contributed by atoms with Crippen molar-refractivity contribution in [2.24, 2.45) is 5.92 Å². The van der Waals surface area contributed by atoms with Gasteiger partial charge in [0.15, 0.2) is 0 Å². The molecule has 0 aromatic carbocycles. The standard InChI is InChI=1S/C13H26N2O4S/c1-10(14-20(5,17)18)11-6-8-15(9-7-11)12(16)19-13(2,3)4/h10-11,14H,6-9H2,1-5H3. The highest BCUT2D eigenvalue weighted by molar-refractivity contribution is 7.88. The highest BCUT2D eigenvalue weighted by atomic mass is 32.2. The first kappa shape index (κ1) is 17.2. The summed E-state index contributed by atoms with van der Waals surface area (Å²) in [7, 11) is -3.18. The van der Waals surface area contributed by atoms with Gasteiger partial charge < -0.3 is 9.64 Å². The minimum absolute atomic E-state index is 0.106. The van der Waals surface area contributed by atoms with Crippen molar-refractivity contribution in [3.63, 3.8) is 0 Å². The molecule has 118 valence electrons. The van der Waals surface area contributed by atoms with Crippen molar-refractivity contribution in [3.05, 3.63) is 0 Å². The van der Waals surface area contributed by atoms with Crippen LogP contribution >= 0.6 is 0 Å². The second-order valence-electron chi connectivity index (χ2n) is 6.48. The Bertz CT molecular complexity index is 434. The fourth-order valence-corrected chi connectivity index (χ4v) is 3.21. The maximum Gasteiger partial charge on any atom is 0.410 e. The van der Waals surface area contributed by atoms with Crippen molar-refractivity contribution in [3.8, 4) is 0 Å². The van der Waals surface area contributed by atoms with Gasteiger partial charge in [-0.15, -0.1) is 0 Å². The Labute approximate surface area is 121 Å². The van der Waals surface area contributed by atoms with Crippen LogP contribution in [0.15, 0.2) is 0 Å². The molecule has 0 spiro atoms. The average Bonchev–Trinajstić information content (AvgIpc) is 2.24. The lowest BCUT2D eigenvalue weighted by atomic mass is 9.91. The summed E-state index contributed by atoms with van der Waals surface area (Å²) in [4.78, 5) is 13.6. The molecular weight excluding hydrogens is 280 g/mol. The fraction of sp³-hybridized carbons (Fsp3) is 0.923. The van der Waals surface area contributed by atoms with Crippen LogP contribution in [0.25, 0.3) is 0 Å². The Morgan fingerprint density at radius 3 is 2.20 bits per heavy atom. The minimum atomic E-state index is -3.18. The van der Waals surface area contributed by atoms with Gasteiger partial charge >= 0.3 is 6.09 Å². The van der Waals surface area contributed by atoms with Crippen LogP contribution in [0.5, 0.6) is 0 Å². The minimum Gasteiger partial charge on any atom is -0.444 e. The van der Waals surface area contributed by atoms with Gasteiger partial charge in [-0.1, -0.05) is 0 Å². The zero-order valence-electron chi connectivity index (χ0n) is 13.0. The summed E-state index contributed by atoms with van der Waals surface area (Å²) >= 11 is 0. The predicted molar refractivity (Wildman–Crippen MR) is 78.0 cm³/mol. The molecule has 0 bridgehead atoms. The van der Waals surface area contributed by atoms with Crippen LogP contribution in [0, 0.1) is 5.92 Å². The Morgan fingerprint density at radius 1 is 1.30 bits per heavy atom. The number of hydrogen-bond acceptors (Lipinski definition) is 4. The van der Waals surface area contributed by atoms with Crippen molar-refractivity contribution in [1.29, 1.82) is 0 Å². The summed E-state index contributed by atoms with van der Waals surface area (Å²) in [5.74, 6) is 0.253. The second-order valence-corrected chi connectivity index (χ2v) is 8.26. The van der Waals surface area contributed by atoms with Crippen molar-refractivity contribution in [2.45, 2.75) is 52.2 Å². The molecule has 1 aliphatic heterocycles. The van der Waals surface area contributed by atoms with Gasteiger partial charge in [-0.3, -0.25) is 0 Å². The van der Waals surface area contributed by atoms with Crippen LogP contribution in [0.1, 0.15) is 40.5 Å². The summed E-state index contributed by atoms with van der Waals surface area (Å²) < 4.78 is 30.4. The zero-order valence-corrected chi connectivity index (χ0v) is 13.8. The average molecular weight is 306 g/mol. The monoisotopic (exact) mass is 306 g/mol. The Morgan fingerprint density at radius 2 is 1.80 bits per heavy atom. The lowest BCUT2D eigenvalue weighted by molar-refractivity contribution is 0.0174. The van der Waals surface area contributed by atoms with E-state index in [1.165, 1.54) is 6.26 Å². The Balaban J connectivity index is 2.46. The van der Waals surface area contributed by atoms with E-state index in [1.807, 2.05) is 27.7 Å². The number of hydrogen-bond donors (Lipinski definition) is 1. The second kappa shape index (κ2) is 6.30. The lowest BCUT2D eigenvalue weighted by Crippen LogP contribution is -2.46. The topological polar surface area (TPSA) is 75.7 Å². The molecule has 1 unspecified atom stereocenters. The van der Waals surface area contributed by atoms with Gasteiger partial charge in [0.25, 0.3) is 0 Å². The van der Waals surface area contributed by atoms with E-state index in [-0.39, 0.29) is 18.1 Å². The summed E-state index contributed by atoms with van der Waals surface area (Å²) in [6, 6.07) is -0.106. The number of nitrogens with one attached hydrogen (secondary N) is 1. The number of amides is 1. The first-order valence-corrected chi connectivity index (χ1v) is 8.82. The number of sulfonamides is 1. The van der Waals surface area contributed by atoms with E-state index in [9.17, 15) is 13.2 Å². The number of rotatable bonds is 3. The van der Waals surface area contributed by atoms with Crippen molar-refractivity contribution in [2.75, 3.05) is 19.3 Å². The molecule has 1 aliphatic rings. The molecule has 20 heavy (non-hydrogen) atoms. The molecule has 0 aromatic rings. The number of nitrogens with zero attached hydrogens (tertiary/aromatic N) is 1. The molecule has 1 atom stereocenters. The molecule has 1 saturated heterocycles. The molecule has 1 fully saturated rings. The van der Waals surface area contributed by atoms with Crippen LogP contribution in [0.4, 0.5) is 4.79 Å². The third-order valence-electron chi connectivity index (χ3n) is 3.30. The highest BCUT2D eigenvalue weighted by Crippen LogP contribution is 2.22. The normalized spacial score (nSPS) is 19.8. The molecule has 1 amide bonds. The van der Waals surface area contributed by atoms with Gasteiger partial charge in [0, 0.05) is 19.1 Å². The van der Waals surface area contributed by atoms with Gasteiger partial charge in [0.05, 0.1) is 6.26 Å². The maximum atomic E-state index is 11.9. The largest absolute Gasteiger partial charge is 0.444 e. The van der Waals surface area contributed by atoms with Gasteiger partial charge in [-0.05, 0) is 46.5 Å². The smallest absolute Gasteiger partial charge is 0.410 e. The number of carbonyl (C=O) groups is 1. The van der Waals surface area contributed by atoms with Crippen LogP contribution in [-0.4, -0.2) is 50.4 Å². The molecule has 0 aromatic heterocycles. The zero-order chi connectivity index (χ0) is 15.6. The number of carbonyl (C=O) groups excluding carboxylic acids is 1. The number of likely N-dealkylation sites (tertiary alicyclic amines) is 1. The van der Waals surface area contributed by atoms with Gasteiger partial charge in [0.2, 0.25) is 10.0 Å². The van der Waals surface area contributed by atoms with Crippen molar-refractivity contribution in [1.82, 2.24) is 9.62 Å². The van der Waals surface area contributed by atoms with Crippen LogP contribution in [-0.2, 0) is 14.8 Å². The summed E-state index contributed by atoms with van der Waals surface area (Å²) in [6.07, 6.45) is 2.44. The molecule has 6 nitrogen and oxygen atoms in total. The molecular formula is C13H26N2O4S. The van der Waals surface area contributed by atoms with E-state index < -0.39 is 15.6 Å². The highest BCUT2D eigenvalue weighted by Gasteiger charge is 2.29. The third-order valence-corrected chi connectivity index (χ3v) is 4.10. The Kier molecular flexibility index (Phi) is 5.43. The molecule has 0 aliphatic carbocycles. The lowest BCUT2D eigenvalue weighted by Gasteiger charge is -2.35. The van der Waals surface area contributed by atoms with Crippen LogP contribution < -0.4 is 4.72 Å². The molecule has 1 rings (SSSR count). The van der Waals surface area contributed by atoms with Gasteiger partial charge in [0.1, 0.15) is 5.60 Å². The number of ether oxygens (including phenoxy) is 1. The Hall–Kier alpha value is -0.820. The summed E-state index contributed by atoms with van der Waals surface area (Å²) in [5.41, 5.74) is -0.487. The first-order valence-electron chi connectivity index (χ1n) is 6.93. The molecule has 0 radical (unpaired) electrons.